The molecule has 0 heterocycles. The van der Waals surface area contributed by atoms with Crippen molar-refractivity contribution in [3.63, 3.8) is 0 Å². The van der Waals surface area contributed by atoms with Crippen molar-refractivity contribution < 1.29 is 19.0 Å². The first-order valence-electron chi connectivity index (χ1n) is 8.30. The maximum Gasteiger partial charge on any atom is 0.258 e. The number of ether oxygens (including phenoxy) is 3. The molecular formula is C20H25NO4. The normalized spacial score (nSPS) is 11.7. The van der Waals surface area contributed by atoms with Crippen LogP contribution in [0.25, 0.3) is 0 Å². The quantitative estimate of drug-likeness (QED) is 0.793. The molecular weight excluding hydrogens is 318 g/mol. The van der Waals surface area contributed by atoms with E-state index in [0.717, 1.165) is 17.1 Å². The summed E-state index contributed by atoms with van der Waals surface area (Å²) in [4.78, 5) is 12.1. The van der Waals surface area contributed by atoms with Gasteiger partial charge in [0.15, 0.2) is 6.61 Å². The molecule has 1 amide bonds. The smallest absolute Gasteiger partial charge is 0.258 e. The minimum absolute atomic E-state index is 0.0365. The number of nitrogens with one attached hydrogen (secondary N) is 1. The van der Waals surface area contributed by atoms with E-state index >= 15 is 0 Å². The second kappa shape index (κ2) is 8.97. The molecule has 134 valence electrons. The van der Waals surface area contributed by atoms with Gasteiger partial charge >= 0.3 is 0 Å². The number of carbonyl (C=O) groups is 1. The zero-order chi connectivity index (χ0) is 18.2. The molecule has 1 atom stereocenters. The molecule has 0 fully saturated rings. The molecule has 5 nitrogen and oxygen atoms in total. The van der Waals surface area contributed by atoms with Crippen molar-refractivity contribution in [1.82, 2.24) is 5.32 Å². The van der Waals surface area contributed by atoms with Crippen LogP contribution >= 0.6 is 0 Å². The standard InChI is InChI=1S/C20H25NO4/c1-14(2)25-19-7-5-16(6-8-19)15(3)21-20(22)13-24-18-11-9-17(23-4)10-12-18/h5-12,14-15H,13H2,1-4H3,(H,21,22). The Hall–Kier alpha value is -2.69. The fourth-order valence-electron chi connectivity index (χ4n) is 2.29. The highest BCUT2D eigenvalue weighted by molar-refractivity contribution is 5.78. The molecule has 25 heavy (non-hydrogen) atoms. The topological polar surface area (TPSA) is 56.8 Å². The lowest BCUT2D eigenvalue weighted by molar-refractivity contribution is -0.123. The fraction of sp³-hybridized carbons (Fsp3) is 0.350. The molecule has 2 aromatic rings. The molecule has 0 radical (unpaired) electrons. The first kappa shape index (κ1) is 18.6. The van der Waals surface area contributed by atoms with E-state index in [0.29, 0.717) is 5.75 Å². The molecule has 1 N–H and O–H groups in total. The van der Waals surface area contributed by atoms with Crippen LogP contribution in [0.1, 0.15) is 32.4 Å². The number of methoxy groups -OCH3 is 1. The average Bonchev–Trinajstić information content (AvgIpc) is 2.60. The van der Waals surface area contributed by atoms with Crippen molar-refractivity contribution in [2.24, 2.45) is 0 Å². The van der Waals surface area contributed by atoms with E-state index in [2.05, 4.69) is 5.32 Å². The molecule has 2 rings (SSSR count). The van der Waals surface area contributed by atoms with Crippen LogP contribution in [0.15, 0.2) is 48.5 Å². The monoisotopic (exact) mass is 343 g/mol. The fourth-order valence-corrected chi connectivity index (χ4v) is 2.29. The molecule has 1 unspecified atom stereocenters. The molecule has 0 aliphatic carbocycles. The molecule has 0 aromatic heterocycles. The Labute approximate surface area is 148 Å². The van der Waals surface area contributed by atoms with Gasteiger partial charge in [0.05, 0.1) is 19.3 Å². The van der Waals surface area contributed by atoms with Crippen LogP contribution in [0.2, 0.25) is 0 Å². The van der Waals surface area contributed by atoms with Crippen molar-refractivity contribution in [1.29, 1.82) is 0 Å². The Kier molecular flexibility index (Phi) is 6.69. The molecule has 0 saturated carbocycles. The third-order valence-electron chi connectivity index (χ3n) is 3.56. The van der Waals surface area contributed by atoms with Crippen molar-refractivity contribution in [3.8, 4) is 17.2 Å². The first-order chi connectivity index (χ1) is 12.0. The van der Waals surface area contributed by atoms with Gasteiger partial charge in [-0.15, -0.1) is 0 Å². The van der Waals surface area contributed by atoms with Gasteiger partial charge in [-0.3, -0.25) is 4.79 Å². The summed E-state index contributed by atoms with van der Waals surface area (Å²) in [6, 6.07) is 14.7. The van der Waals surface area contributed by atoms with Crippen molar-refractivity contribution >= 4 is 5.91 Å². The van der Waals surface area contributed by atoms with Crippen LogP contribution in [0.4, 0.5) is 0 Å². The van der Waals surface area contributed by atoms with Gasteiger partial charge in [-0.2, -0.15) is 0 Å². The summed E-state index contributed by atoms with van der Waals surface area (Å²) in [5, 5.41) is 2.92. The van der Waals surface area contributed by atoms with Gasteiger partial charge in [0, 0.05) is 0 Å². The highest BCUT2D eigenvalue weighted by atomic mass is 16.5. The van der Waals surface area contributed by atoms with E-state index in [4.69, 9.17) is 14.2 Å². The minimum Gasteiger partial charge on any atom is -0.497 e. The Balaban J connectivity index is 1.82. The minimum atomic E-state index is -0.175. The van der Waals surface area contributed by atoms with Gasteiger partial charge in [0.1, 0.15) is 17.2 Å². The Morgan fingerprint density at radius 3 is 2.04 bits per heavy atom. The van der Waals surface area contributed by atoms with Crippen LogP contribution in [-0.4, -0.2) is 25.7 Å². The summed E-state index contributed by atoms with van der Waals surface area (Å²) in [5.74, 6) is 2.01. The van der Waals surface area contributed by atoms with Gasteiger partial charge in [-0.1, -0.05) is 12.1 Å². The Morgan fingerprint density at radius 1 is 0.920 bits per heavy atom. The number of hydrogen-bond donors (Lipinski definition) is 1. The molecule has 0 bridgehead atoms. The van der Waals surface area contributed by atoms with E-state index in [9.17, 15) is 4.79 Å². The number of hydrogen-bond acceptors (Lipinski definition) is 4. The van der Waals surface area contributed by atoms with Crippen LogP contribution in [0, 0.1) is 0 Å². The predicted molar refractivity (Wildman–Crippen MR) is 97.3 cm³/mol. The van der Waals surface area contributed by atoms with Gasteiger partial charge in [0.2, 0.25) is 0 Å². The maximum atomic E-state index is 12.1. The first-order valence-corrected chi connectivity index (χ1v) is 8.30. The average molecular weight is 343 g/mol. The van der Waals surface area contributed by atoms with Crippen molar-refractivity contribution in [3.05, 3.63) is 54.1 Å². The lowest BCUT2D eigenvalue weighted by Gasteiger charge is -2.16. The van der Waals surface area contributed by atoms with E-state index in [1.165, 1.54) is 0 Å². The van der Waals surface area contributed by atoms with Gasteiger partial charge in [-0.25, -0.2) is 0 Å². The molecule has 0 aliphatic heterocycles. The third kappa shape index (κ3) is 6.03. The second-order valence-electron chi connectivity index (χ2n) is 5.99. The molecule has 5 heteroatoms. The van der Waals surface area contributed by atoms with Crippen LogP contribution < -0.4 is 19.5 Å². The Morgan fingerprint density at radius 2 is 1.48 bits per heavy atom. The van der Waals surface area contributed by atoms with E-state index in [1.807, 2.05) is 45.0 Å². The van der Waals surface area contributed by atoms with Crippen molar-refractivity contribution in [2.75, 3.05) is 13.7 Å². The number of benzene rings is 2. The highest BCUT2D eigenvalue weighted by Crippen LogP contribution is 2.19. The van der Waals surface area contributed by atoms with Crippen molar-refractivity contribution in [2.45, 2.75) is 32.9 Å². The number of rotatable bonds is 8. The second-order valence-corrected chi connectivity index (χ2v) is 5.99. The SMILES string of the molecule is COc1ccc(OCC(=O)NC(C)c2ccc(OC(C)C)cc2)cc1. The largest absolute Gasteiger partial charge is 0.497 e. The molecule has 0 aliphatic rings. The van der Waals surface area contributed by atoms with E-state index in [1.54, 1.807) is 31.4 Å². The highest BCUT2D eigenvalue weighted by Gasteiger charge is 2.10. The summed E-state index contributed by atoms with van der Waals surface area (Å²) in [5.41, 5.74) is 1.01. The van der Waals surface area contributed by atoms with Crippen LogP contribution in [0.3, 0.4) is 0 Å². The van der Waals surface area contributed by atoms with Crippen LogP contribution in [0.5, 0.6) is 17.2 Å². The van der Waals surface area contributed by atoms with Crippen LogP contribution in [-0.2, 0) is 4.79 Å². The Bertz CT molecular complexity index is 665. The van der Waals surface area contributed by atoms with E-state index < -0.39 is 0 Å². The number of amides is 1. The van der Waals surface area contributed by atoms with Gasteiger partial charge in [-0.05, 0) is 62.7 Å². The molecule has 0 saturated heterocycles. The predicted octanol–water partition coefficient (Wildman–Crippen LogP) is 3.74. The third-order valence-corrected chi connectivity index (χ3v) is 3.56. The molecule has 0 spiro atoms. The zero-order valence-corrected chi connectivity index (χ0v) is 15.1. The van der Waals surface area contributed by atoms with E-state index in [-0.39, 0.29) is 24.7 Å². The summed E-state index contributed by atoms with van der Waals surface area (Å²) in [7, 11) is 1.60. The summed E-state index contributed by atoms with van der Waals surface area (Å²) >= 11 is 0. The lowest BCUT2D eigenvalue weighted by Crippen LogP contribution is -2.31. The molecule has 2 aromatic carbocycles. The summed E-state index contributed by atoms with van der Waals surface area (Å²) in [6.45, 7) is 5.87. The summed E-state index contributed by atoms with van der Waals surface area (Å²) < 4.78 is 16.2. The van der Waals surface area contributed by atoms with Gasteiger partial charge in [0.25, 0.3) is 5.91 Å². The summed E-state index contributed by atoms with van der Waals surface area (Å²) in [6.07, 6.45) is 0.137. The lowest BCUT2D eigenvalue weighted by atomic mass is 10.1. The maximum absolute atomic E-state index is 12.1. The van der Waals surface area contributed by atoms with Gasteiger partial charge < -0.3 is 19.5 Å². The number of carbonyl (C=O) groups excluding carboxylic acids is 1. The zero-order valence-electron chi connectivity index (χ0n) is 15.1.